The predicted octanol–water partition coefficient (Wildman–Crippen LogP) is 4.59. The largest absolute Gasteiger partial charge is 2.00 e. The van der Waals surface area contributed by atoms with Crippen molar-refractivity contribution < 1.29 is 55.5 Å². The third-order valence-corrected chi connectivity index (χ3v) is 6.09. The Labute approximate surface area is 278 Å². The number of ether oxygens (including phenoxy) is 4. The number of methoxy groups -OCH3 is 4. The molecule has 0 aliphatic carbocycles. The fourth-order valence-corrected chi connectivity index (χ4v) is 3.75. The molecule has 0 atom stereocenters. The Morgan fingerprint density at radius 3 is 1.51 bits per heavy atom. The van der Waals surface area contributed by atoms with E-state index in [1.54, 1.807) is 63.5 Å². The zero-order chi connectivity index (χ0) is 30.0. The molecule has 0 aliphatic heterocycles. The molecule has 0 aliphatic rings. The van der Waals surface area contributed by atoms with E-state index in [2.05, 4.69) is 34.2 Å². The molecule has 224 valence electrons. The molecule has 0 aromatic carbocycles. The first-order valence-corrected chi connectivity index (χ1v) is 13.0. The fraction of sp³-hybridized carbons (Fsp3) is 0.417. The first-order chi connectivity index (χ1) is 19.0. The van der Waals surface area contributed by atoms with Crippen LogP contribution in [0.2, 0.25) is 0 Å². The van der Waals surface area contributed by atoms with Gasteiger partial charge in [-0.2, -0.15) is 26.3 Å². The third kappa shape index (κ3) is 16.2. The molecule has 0 saturated carbocycles. The summed E-state index contributed by atoms with van der Waals surface area (Å²) in [4.78, 5) is 1.46. The van der Waals surface area contributed by atoms with Crippen LogP contribution in [0.25, 0.3) is 21.1 Å². The van der Waals surface area contributed by atoms with Gasteiger partial charge in [0.25, 0.3) is 5.69 Å². The molecule has 0 spiro atoms. The quantitative estimate of drug-likeness (QED) is 0.152. The first kappa shape index (κ1) is 39.7. The maximum absolute atomic E-state index is 12.2. The molecule has 4 rings (SSSR count). The van der Waals surface area contributed by atoms with Gasteiger partial charge in [-0.25, -0.2) is 0 Å². The van der Waals surface area contributed by atoms with E-state index in [1.165, 1.54) is 22.7 Å². The Morgan fingerprint density at radius 2 is 1.17 bits per heavy atom. The van der Waals surface area contributed by atoms with Crippen LogP contribution < -0.4 is 20.4 Å². The van der Waals surface area contributed by atoms with Crippen LogP contribution in [-0.4, -0.2) is 100 Å². The van der Waals surface area contributed by atoms with Crippen molar-refractivity contribution in [1.82, 2.24) is 10.2 Å². The summed E-state index contributed by atoms with van der Waals surface area (Å²) in [5, 5.41) is 14.7. The minimum absolute atomic E-state index is 0. The van der Waals surface area contributed by atoms with E-state index in [0.717, 1.165) is 21.9 Å². The second kappa shape index (κ2) is 21.4. The van der Waals surface area contributed by atoms with Crippen molar-refractivity contribution in [3.05, 3.63) is 58.5 Å². The van der Waals surface area contributed by atoms with E-state index in [-0.39, 0.29) is 45.5 Å². The number of nitrogens with one attached hydrogen (secondary N) is 2. The smallest absolute Gasteiger partial charge is 0.410 e. The summed E-state index contributed by atoms with van der Waals surface area (Å²) in [7, 11) is 6.61. The van der Waals surface area contributed by atoms with Gasteiger partial charge in [-0.3, -0.25) is 10.2 Å². The van der Waals surface area contributed by atoms with Gasteiger partial charge in [-0.15, -0.1) is 22.7 Å². The van der Waals surface area contributed by atoms with Gasteiger partial charge in [-0.05, 0) is 22.9 Å². The number of alkyl halides is 6. The van der Waals surface area contributed by atoms with Crippen LogP contribution in [0.4, 0.5) is 26.3 Å². The molecule has 4 heterocycles. The van der Waals surface area contributed by atoms with Crippen LogP contribution >= 0.6 is 22.7 Å². The van der Waals surface area contributed by atoms with Crippen LogP contribution in [0.1, 0.15) is 11.4 Å². The minimum atomic E-state index is -4.38. The molecule has 2 N–H and O–H groups in total. The van der Waals surface area contributed by atoms with Gasteiger partial charge < -0.3 is 29.1 Å². The van der Waals surface area contributed by atoms with Crippen molar-refractivity contribution in [1.29, 1.82) is 0 Å². The van der Waals surface area contributed by atoms with Crippen molar-refractivity contribution >= 4 is 68.2 Å². The average Bonchev–Trinajstić information content (AvgIpc) is 3.72. The molecule has 4 aromatic rings. The molecule has 41 heavy (non-hydrogen) atoms. The van der Waals surface area contributed by atoms with Crippen LogP contribution in [0.5, 0.6) is 0 Å². The second-order valence-corrected chi connectivity index (χ2v) is 9.15. The number of hydrogen-bond donors (Lipinski definition) is 0. The fourth-order valence-electron chi connectivity index (χ4n) is 2.38. The Balaban J connectivity index is 0.000000559. The molecular formula is C24H30F6N4O4S2Sr+2. The average molecular weight is 704 g/mol. The normalized spacial score (nSPS) is 10.8. The standard InChI is InChI=1S/2C8H5F3N2S.2C4H10O2.Sr/c2*9-8(10,11)7-4-5(12-13-7)6-2-1-3-14-6;2*1-5-3-4-6-2;/h1-4,13H;1-4,12H;2*3-4H2,1-2H3;/q;;;;+2. The summed E-state index contributed by atoms with van der Waals surface area (Å²) in [6, 6.07) is 9.01. The Bertz CT molecular complexity index is 1060. The topological polar surface area (TPSA) is 93.4 Å². The molecule has 0 bridgehead atoms. The van der Waals surface area contributed by atoms with E-state index in [0.29, 0.717) is 37.8 Å². The summed E-state index contributed by atoms with van der Waals surface area (Å²) in [6.45, 7) is 2.76. The van der Waals surface area contributed by atoms with Crippen molar-refractivity contribution in [2.75, 3.05) is 54.9 Å². The van der Waals surface area contributed by atoms with E-state index >= 15 is 0 Å². The van der Waals surface area contributed by atoms with Crippen LogP contribution in [0.15, 0.2) is 47.2 Å². The van der Waals surface area contributed by atoms with Gasteiger partial charge in [0.1, 0.15) is 0 Å². The van der Waals surface area contributed by atoms with Gasteiger partial charge in [0.2, 0.25) is 5.69 Å². The zero-order valence-electron chi connectivity index (χ0n) is 22.8. The number of halogens is 6. The van der Waals surface area contributed by atoms with Gasteiger partial charge in [0, 0.05) is 51.1 Å². The molecule has 17 heteroatoms. The summed E-state index contributed by atoms with van der Waals surface area (Å²) < 4.78 is 91.6. The van der Waals surface area contributed by atoms with Crippen molar-refractivity contribution in [3.8, 4) is 21.1 Å². The molecule has 0 fully saturated rings. The zero-order valence-corrected chi connectivity index (χ0v) is 27.9. The van der Waals surface area contributed by atoms with Crippen LogP contribution in [-0.2, 0) is 31.3 Å². The van der Waals surface area contributed by atoms with E-state index in [4.69, 9.17) is 0 Å². The predicted molar refractivity (Wildman–Crippen MR) is 143 cm³/mol. The van der Waals surface area contributed by atoms with Crippen molar-refractivity contribution in [2.24, 2.45) is 0 Å². The SMILES string of the molecule is COCCOC.COCCOC.FC(F)(F)c1cc(-c2cccs2)[n-][nH+]1.FC(F)(F)c1cc(-c2cccs2)[nH+][n-]1.[Sr+2]. The summed E-state index contributed by atoms with van der Waals surface area (Å²) in [6.07, 6.45) is -8.74. The van der Waals surface area contributed by atoms with E-state index in [1.807, 2.05) is 5.10 Å². The van der Waals surface area contributed by atoms with E-state index < -0.39 is 23.7 Å². The van der Waals surface area contributed by atoms with Crippen molar-refractivity contribution in [2.45, 2.75) is 12.4 Å². The summed E-state index contributed by atoms with van der Waals surface area (Å²) in [5.74, 6) is 0. The van der Waals surface area contributed by atoms with E-state index in [9.17, 15) is 26.3 Å². The minimum Gasteiger partial charge on any atom is -0.410 e. The number of rotatable bonds is 8. The summed E-state index contributed by atoms with van der Waals surface area (Å²) in [5.41, 5.74) is -0.985. The molecule has 0 amide bonds. The monoisotopic (exact) mass is 704 g/mol. The molecule has 0 unspecified atom stereocenters. The van der Waals surface area contributed by atoms with Gasteiger partial charge in [0.15, 0.2) is 0 Å². The van der Waals surface area contributed by atoms with Crippen LogP contribution in [0, 0.1) is 0 Å². The Morgan fingerprint density at radius 1 is 0.683 bits per heavy atom. The Hall–Kier alpha value is -1.28. The number of nitrogens with zero attached hydrogens (tertiary/aromatic N) is 2. The second-order valence-electron chi connectivity index (χ2n) is 7.26. The van der Waals surface area contributed by atoms with Crippen molar-refractivity contribution in [3.63, 3.8) is 0 Å². The number of hydrogen-bond acceptors (Lipinski definition) is 6. The number of H-pyrrole nitrogens is 2. The molecular weight excluding hydrogens is 674 g/mol. The third-order valence-electron chi connectivity index (χ3n) is 4.29. The number of aromatic nitrogens is 4. The van der Waals surface area contributed by atoms with Crippen LogP contribution in [0.3, 0.4) is 0 Å². The molecule has 4 aromatic heterocycles. The molecule has 8 nitrogen and oxygen atoms in total. The summed E-state index contributed by atoms with van der Waals surface area (Å²) >= 11 is 2.71. The Kier molecular flexibility index (Phi) is 20.7. The first-order valence-electron chi connectivity index (χ1n) is 11.3. The maximum Gasteiger partial charge on any atom is 2.00 e. The van der Waals surface area contributed by atoms with Gasteiger partial charge in [-0.1, -0.05) is 17.8 Å². The molecule has 0 radical (unpaired) electrons. The number of aromatic amines is 2. The number of thiophene rings is 2. The van der Waals surface area contributed by atoms with Gasteiger partial charge >= 0.3 is 57.8 Å². The molecule has 0 saturated heterocycles. The van der Waals surface area contributed by atoms with Gasteiger partial charge in [0.05, 0.1) is 31.3 Å². The maximum atomic E-state index is 12.2.